The number of nitrogens with one attached hydrogen (secondary N) is 1. The average molecular weight is 234 g/mol. The van der Waals surface area contributed by atoms with Gasteiger partial charge in [-0.1, -0.05) is 0 Å². The summed E-state index contributed by atoms with van der Waals surface area (Å²) in [6.07, 6.45) is 7.27. The van der Waals surface area contributed by atoms with Crippen molar-refractivity contribution in [1.29, 1.82) is 0 Å². The summed E-state index contributed by atoms with van der Waals surface area (Å²) in [4.78, 5) is 2.53. The van der Waals surface area contributed by atoms with Crippen molar-refractivity contribution >= 4 is 0 Å². The zero-order chi connectivity index (χ0) is 11.6. The topological polar surface area (TPSA) is 28.4 Å². The van der Waals surface area contributed by atoms with Crippen molar-refractivity contribution in [1.82, 2.24) is 10.2 Å². The predicted octanol–water partition coefficient (Wildman–Crippen LogP) is 2.25. The maximum absolute atomic E-state index is 5.42. The lowest BCUT2D eigenvalue weighted by molar-refractivity contribution is 0.0666. The fraction of sp³-hybridized carbons (Fsp3) is 0.714. The minimum Gasteiger partial charge on any atom is -0.468 e. The summed E-state index contributed by atoms with van der Waals surface area (Å²) in [5, 5.41) is 3.48. The van der Waals surface area contributed by atoms with Crippen LogP contribution in [0.2, 0.25) is 0 Å². The molecule has 3 nitrogen and oxygen atoms in total. The molecule has 0 radical (unpaired) electrons. The van der Waals surface area contributed by atoms with Crippen LogP contribution in [0.4, 0.5) is 0 Å². The highest BCUT2D eigenvalue weighted by atomic mass is 16.3. The number of furan rings is 1. The molecule has 1 aromatic heterocycles. The van der Waals surface area contributed by atoms with E-state index < -0.39 is 0 Å². The van der Waals surface area contributed by atoms with Gasteiger partial charge >= 0.3 is 0 Å². The third-order valence-corrected chi connectivity index (χ3v) is 4.54. The number of piperidine rings is 2. The fourth-order valence-corrected chi connectivity index (χ4v) is 3.27. The van der Waals surface area contributed by atoms with Gasteiger partial charge in [-0.2, -0.15) is 0 Å². The maximum atomic E-state index is 5.42. The van der Waals surface area contributed by atoms with Crippen molar-refractivity contribution in [2.75, 3.05) is 26.2 Å². The molecule has 0 aromatic carbocycles. The van der Waals surface area contributed by atoms with Crippen LogP contribution < -0.4 is 5.32 Å². The first-order chi connectivity index (χ1) is 8.36. The highest BCUT2D eigenvalue weighted by Gasteiger charge is 2.35. The van der Waals surface area contributed by atoms with Crippen LogP contribution in [-0.4, -0.2) is 31.1 Å². The van der Waals surface area contributed by atoms with Crippen LogP contribution >= 0.6 is 0 Å². The van der Waals surface area contributed by atoms with Crippen LogP contribution in [0.3, 0.4) is 0 Å². The number of likely N-dealkylation sites (tertiary alicyclic amines) is 1. The highest BCUT2D eigenvalue weighted by molar-refractivity contribution is 4.99. The lowest BCUT2D eigenvalue weighted by Gasteiger charge is -2.44. The Morgan fingerprint density at radius 1 is 1.18 bits per heavy atom. The fourth-order valence-electron chi connectivity index (χ4n) is 3.27. The molecule has 0 amide bonds. The Morgan fingerprint density at radius 3 is 2.59 bits per heavy atom. The maximum Gasteiger partial charge on any atom is 0.117 e. The van der Waals surface area contributed by atoms with E-state index in [1.54, 1.807) is 6.26 Å². The Kier molecular flexibility index (Phi) is 3.21. The van der Waals surface area contributed by atoms with E-state index in [0.29, 0.717) is 5.41 Å². The van der Waals surface area contributed by atoms with E-state index in [1.165, 1.54) is 51.9 Å². The molecule has 17 heavy (non-hydrogen) atoms. The molecule has 0 saturated carbocycles. The molecule has 0 unspecified atom stereocenters. The third-order valence-electron chi connectivity index (χ3n) is 4.54. The predicted molar refractivity (Wildman–Crippen MR) is 67.8 cm³/mol. The van der Waals surface area contributed by atoms with Gasteiger partial charge in [0.15, 0.2) is 0 Å². The van der Waals surface area contributed by atoms with Crippen molar-refractivity contribution in [3.8, 4) is 0 Å². The molecule has 0 aliphatic carbocycles. The van der Waals surface area contributed by atoms with E-state index in [2.05, 4.69) is 16.3 Å². The highest BCUT2D eigenvalue weighted by Crippen LogP contribution is 2.39. The lowest BCUT2D eigenvalue weighted by atomic mass is 9.71. The molecule has 0 bridgehead atoms. The van der Waals surface area contributed by atoms with Gasteiger partial charge in [0.1, 0.15) is 5.76 Å². The van der Waals surface area contributed by atoms with Gasteiger partial charge in [-0.25, -0.2) is 0 Å². The molecule has 0 atom stereocenters. The Balaban J connectivity index is 1.53. The Bertz CT molecular complexity index is 331. The number of nitrogens with zero attached hydrogens (tertiary/aromatic N) is 1. The molecular formula is C14H22N2O. The molecule has 3 rings (SSSR count). The van der Waals surface area contributed by atoms with Gasteiger partial charge in [-0.3, -0.25) is 4.90 Å². The van der Waals surface area contributed by atoms with E-state index in [0.717, 1.165) is 12.3 Å². The first kappa shape index (κ1) is 11.3. The van der Waals surface area contributed by atoms with E-state index in [9.17, 15) is 0 Å². The van der Waals surface area contributed by atoms with E-state index in [4.69, 9.17) is 4.42 Å². The molecule has 2 aliphatic heterocycles. The number of rotatable bonds is 2. The quantitative estimate of drug-likeness (QED) is 0.850. The van der Waals surface area contributed by atoms with Crippen LogP contribution in [0.25, 0.3) is 0 Å². The summed E-state index contributed by atoms with van der Waals surface area (Å²) in [5.41, 5.74) is 0.658. The molecule has 1 spiro atoms. The minimum atomic E-state index is 0.658. The SMILES string of the molecule is c1coc(CN2CCC3(CCNCC3)CC2)c1. The average Bonchev–Trinajstić information content (AvgIpc) is 2.87. The monoisotopic (exact) mass is 234 g/mol. The second-order valence-electron chi connectivity index (χ2n) is 5.61. The zero-order valence-corrected chi connectivity index (χ0v) is 10.5. The van der Waals surface area contributed by atoms with Crippen LogP contribution in [0.15, 0.2) is 22.8 Å². The largest absolute Gasteiger partial charge is 0.468 e. The van der Waals surface area contributed by atoms with Crippen LogP contribution in [0.5, 0.6) is 0 Å². The minimum absolute atomic E-state index is 0.658. The Labute approximate surface area is 103 Å². The first-order valence-corrected chi connectivity index (χ1v) is 6.82. The van der Waals surface area contributed by atoms with Gasteiger partial charge < -0.3 is 9.73 Å². The molecule has 2 fully saturated rings. The lowest BCUT2D eigenvalue weighted by Crippen LogP contribution is -2.45. The first-order valence-electron chi connectivity index (χ1n) is 6.82. The summed E-state index contributed by atoms with van der Waals surface area (Å²) in [6, 6.07) is 4.06. The Hall–Kier alpha value is -0.800. The third kappa shape index (κ3) is 2.55. The molecule has 1 aromatic rings. The van der Waals surface area contributed by atoms with Gasteiger partial charge in [0.25, 0.3) is 0 Å². The normalized spacial score (nSPS) is 25.2. The van der Waals surface area contributed by atoms with Crippen LogP contribution in [-0.2, 0) is 6.54 Å². The van der Waals surface area contributed by atoms with Gasteiger partial charge in [0, 0.05) is 0 Å². The summed E-state index contributed by atoms with van der Waals surface area (Å²) < 4.78 is 5.42. The van der Waals surface area contributed by atoms with E-state index in [1.807, 2.05) is 6.07 Å². The van der Waals surface area contributed by atoms with Gasteiger partial charge in [0.05, 0.1) is 12.8 Å². The van der Waals surface area contributed by atoms with Crippen molar-refractivity contribution < 1.29 is 4.42 Å². The van der Waals surface area contributed by atoms with Crippen molar-refractivity contribution in [2.24, 2.45) is 5.41 Å². The standard InChI is InChI=1S/C14H22N2O/c1-2-13(17-11-1)12-16-9-5-14(6-10-16)3-7-15-8-4-14/h1-2,11,15H,3-10,12H2. The van der Waals surface area contributed by atoms with Crippen LogP contribution in [0, 0.1) is 5.41 Å². The molecule has 1 N–H and O–H groups in total. The van der Waals surface area contributed by atoms with E-state index in [-0.39, 0.29) is 0 Å². The van der Waals surface area contributed by atoms with E-state index >= 15 is 0 Å². The zero-order valence-electron chi connectivity index (χ0n) is 10.5. The second kappa shape index (κ2) is 4.83. The second-order valence-corrected chi connectivity index (χ2v) is 5.61. The Morgan fingerprint density at radius 2 is 1.94 bits per heavy atom. The van der Waals surface area contributed by atoms with Crippen molar-refractivity contribution in [3.05, 3.63) is 24.2 Å². The summed E-state index contributed by atoms with van der Waals surface area (Å²) in [5.74, 6) is 1.10. The summed E-state index contributed by atoms with van der Waals surface area (Å²) >= 11 is 0. The van der Waals surface area contributed by atoms with Gasteiger partial charge in [-0.05, 0) is 69.4 Å². The number of hydrogen-bond acceptors (Lipinski definition) is 3. The smallest absolute Gasteiger partial charge is 0.117 e. The molecule has 2 aliphatic rings. The van der Waals surface area contributed by atoms with Crippen LogP contribution in [0.1, 0.15) is 31.4 Å². The summed E-state index contributed by atoms with van der Waals surface area (Å²) in [6.45, 7) is 5.90. The number of hydrogen-bond donors (Lipinski definition) is 1. The molecule has 2 saturated heterocycles. The molecule has 3 heterocycles. The van der Waals surface area contributed by atoms with Gasteiger partial charge in [0.2, 0.25) is 0 Å². The molecule has 3 heteroatoms. The van der Waals surface area contributed by atoms with Gasteiger partial charge in [-0.15, -0.1) is 0 Å². The molecular weight excluding hydrogens is 212 g/mol. The van der Waals surface area contributed by atoms with Crippen molar-refractivity contribution in [2.45, 2.75) is 32.2 Å². The summed E-state index contributed by atoms with van der Waals surface area (Å²) in [7, 11) is 0. The van der Waals surface area contributed by atoms with Crippen molar-refractivity contribution in [3.63, 3.8) is 0 Å². The molecule has 94 valence electrons.